The van der Waals surface area contributed by atoms with Gasteiger partial charge in [0.1, 0.15) is 5.75 Å². The van der Waals surface area contributed by atoms with Crippen molar-refractivity contribution in [3.05, 3.63) is 57.0 Å². The van der Waals surface area contributed by atoms with E-state index in [2.05, 4.69) is 17.5 Å². The van der Waals surface area contributed by atoms with Crippen LogP contribution in [0.1, 0.15) is 25.3 Å². The van der Waals surface area contributed by atoms with Crippen molar-refractivity contribution in [2.45, 2.75) is 19.8 Å². The molecule has 0 radical (unpaired) electrons. The zero-order chi connectivity index (χ0) is 16.7. The molecular weight excluding hydrogens is 355 g/mol. The minimum absolute atomic E-state index is 0.416. The maximum Gasteiger partial charge on any atom is 0.119 e. The van der Waals surface area contributed by atoms with Gasteiger partial charge in [-0.3, -0.25) is 5.43 Å². The van der Waals surface area contributed by atoms with Crippen molar-refractivity contribution in [1.29, 1.82) is 0 Å². The van der Waals surface area contributed by atoms with E-state index in [1.807, 2.05) is 24.3 Å². The van der Waals surface area contributed by atoms with Gasteiger partial charge in [0.15, 0.2) is 0 Å². The van der Waals surface area contributed by atoms with Crippen molar-refractivity contribution in [3.8, 4) is 5.75 Å². The Balaban J connectivity index is 1.96. The molecule has 0 heterocycles. The van der Waals surface area contributed by atoms with Crippen molar-refractivity contribution >= 4 is 46.7 Å². The highest BCUT2D eigenvalue weighted by atomic mass is 35.5. The third-order valence-corrected chi connectivity index (χ3v) is 3.86. The van der Waals surface area contributed by atoms with Crippen LogP contribution in [0.15, 0.2) is 41.5 Å². The van der Waals surface area contributed by atoms with Crippen LogP contribution in [0.3, 0.4) is 0 Å². The molecule has 3 nitrogen and oxygen atoms in total. The highest BCUT2D eigenvalue weighted by Crippen LogP contribution is 2.33. The molecule has 0 atom stereocenters. The van der Waals surface area contributed by atoms with E-state index >= 15 is 0 Å². The van der Waals surface area contributed by atoms with Gasteiger partial charge in [-0.05, 0) is 48.4 Å². The highest BCUT2D eigenvalue weighted by Gasteiger charge is 2.06. The Morgan fingerprint density at radius 1 is 1.09 bits per heavy atom. The van der Waals surface area contributed by atoms with Crippen molar-refractivity contribution in [1.82, 2.24) is 0 Å². The van der Waals surface area contributed by atoms with E-state index in [-0.39, 0.29) is 0 Å². The molecule has 0 spiro atoms. The van der Waals surface area contributed by atoms with Gasteiger partial charge in [-0.2, -0.15) is 5.10 Å². The van der Waals surface area contributed by atoms with Crippen LogP contribution in [-0.2, 0) is 0 Å². The van der Waals surface area contributed by atoms with Crippen LogP contribution in [0.5, 0.6) is 5.75 Å². The normalized spacial score (nSPS) is 11.0. The maximum atomic E-state index is 6.08. The average Bonchev–Trinajstić information content (AvgIpc) is 2.51. The van der Waals surface area contributed by atoms with Gasteiger partial charge in [0.05, 0.1) is 28.6 Å². The van der Waals surface area contributed by atoms with Crippen molar-refractivity contribution in [2.24, 2.45) is 5.10 Å². The molecule has 0 aliphatic rings. The topological polar surface area (TPSA) is 33.6 Å². The van der Waals surface area contributed by atoms with Crippen molar-refractivity contribution in [3.63, 3.8) is 0 Å². The van der Waals surface area contributed by atoms with Gasteiger partial charge < -0.3 is 4.74 Å². The van der Waals surface area contributed by atoms with Gasteiger partial charge >= 0.3 is 0 Å². The van der Waals surface area contributed by atoms with Gasteiger partial charge in [0.2, 0.25) is 0 Å². The highest BCUT2D eigenvalue weighted by molar-refractivity contribution is 6.41. The Kier molecular flexibility index (Phi) is 7.03. The number of hydrogen-bond donors (Lipinski definition) is 1. The van der Waals surface area contributed by atoms with E-state index in [4.69, 9.17) is 39.5 Å². The zero-order valence-corrected chi connectivity index (χ0v) is 14.9. The van der Waals surface area contributed by atoms with Crippen LogP contribution < -0.4 is 10.2 Å². The average molecular weight is 372 g/mol. The number of hydrazone groups is 1. The SMILES string of the molecule is CCCCOc1ccc(/C=N/Nc2c(Cl)cc(Cl)cc2Cl)cc1. The molecule has 2 aromatic rings. The Morgan fingerprint density at radius 2 is 1.74 bits per heavy atom. The standard InChI is InChI=1S/C17H17Cl3N2O/c1-2-3-8-23-14-6-4-12(5-7-14)11-21-22-17-15(19)9-13(18)10-16(17)20/h4-7,9-11,22H,2-3,8H2,1H3/b21-11+. The van der Waals surface area contributed by atoms with Crippen molar-refractivity contribution < 1.29 is 4.74 Å². The lowest BCUT2D eigenvalue weighted by molar-refractivity contribution is 0.309. The van der Waals surface area contributed by atoms with Gasteiger partial charge in [0.25, 0.3) is 0 Å². The number of hydrogen-bond acceptors (Lipinski definition) is 3. The minimum atomic E-state index is 0.416. The third kappa shape index (κ3) is 5.61. The summed E-state index contributed by atoms with van der Waals surface area (Å²) >= 11 is 18.0. The molecule has 0 aliphatic heterocycles. The van der Waals surface area contributed by atoms with E-state index < -0.39 is 0 Å². The molecule has 6 heteroatoms. The quantitative estimate of drug-likeness (QED) is 0.353. The zero-order valence-electron chi connectivity index (χ0n) is 12.7. The van der Waals surface area contributed by atoms with E-state index in [9.17, 15) is 0 Å². The second kappa shape index (κ2) is 9.02. The molecule has 0 fully saturated rings. The van der Waals surface area contributed by atoms with Crippen molar-refractivity contribution in [2.75, 3.05) is 12.0 Å². The first kappa shape index (κ1) is 17.9. The molecule has 0 amide bonds. The largest absolute Gasteiger partial charge is 0.494 e. The molecule has 1 N–H and O–H groups in total. The summed E-state index contributed by atoms with van der Waals surface area (Å²) in [4.78, 5) is 0. The monoisotopic (exact) mass is 370 g/mol. The second-order valence-corrected chi connectivity index (χ2v) is 6.14. The Hall–Kier alpha value is -1.42. The lowest BCUT2D eigenvalue weighted by atomic mass is 10.2. The predicted octanol–water partition coefficient (Wildman–Crippen LogP) is 6.27. The van der Waals surface area contributed by atoms with Gasteiger partial charge in [-0.15, -0.1) is 0 Å². The number of anilines is 1. The lowest BCUT2D eigenvalue weighted by Crippen LogP contribution is -1.96. The van der Waals surface area contributed by atoms with E-state index in [0.717, 1.165) is 30.8 Å². The number of rotatable bonds is 7. The first-order chi connectivity index (χ1) is 11.1. The second-order valence-electron chi connectivity index (χ2n) is 4.89. The molecule has 2 rings (SSSR count). The molecule has 0 saturated carbocycles. The Morgan fingerprint density at radius 3 is 2.35 bits per heavy atom. The fourth-order valence-corrected chi connectivity index (χ4v) is 2.71. The summed E-state index contributed by atoms with van der Waals surface area (Å²) in [6, 6.07) is 10.9. The molecule has 0 aromatic heterocycles. The summed E-state index contributed by atoms with van der Waals surface area (Å²) in [7, 11) is 0. The van der Waals surface area contributed by atoms with Crippen LogP contribution in [0, 0.1) is 0 Å². The fourth-order valence-electron chi connectivity index (χ4n) is 1.80. The predicted molar refractivity (Wildman–Crippen MR) is 99.5 cm³/mol. The van der Waals surface area contributed by atoms with Crippen LogP contribution in [0.25, 0.3) is 0 Å². The number of nitrogens with zero attached hydrogens (tertiary/aromatic N) is 1. The summed E-state index contributed by atoms with van der Waals surface area (Å²) in [5, 5.41) is 5.45. The maximum absolute atomic E-state index is 6.08. The molecule has 122 valence electrons. The first-order valence-corrected chi connectivity index (χ1v) is 8.40. The van der Waals surface area contributed by atoms with Crippen LogP contribution >= 0.6 is 34.8 Å². The molecule has 23 heavy (non-hydrogen) atoms. The van der Waals surface area contributed by atoms with E-state index in [1.165, 1.54) is 0 Å². The fraction of sp³-hybridized carbons (Fsp3) is 0.235. The van der Waals surface area contributed by atoms with Gasteiger partial charge in [-0.25, -0.2) is 0 Å². The summed E-state index contributed by atoms with van der Waals surface area (Å²) in [5.74, 6) is 0.854. The number of unbranched alkanes of at least 4 members (excludes halogenated alkanes) is 1. The van der Waals surface area contributed by atoms with Crippen LogP contribution in [0.4, 0.5) is 5.69 Å². The molecular formula is C17H17Cl3N2O. The summed E-state index contributed by atoms with van der Waals surface area (Å²) in [5.41, 5.74) is 4.28. The molecule has 2 aromatic carbocycles. The van der Waals surface area contributed by atoms with Gasteiger partial charge in [-0.1, -0.05) is 48.1 Å². The number of ether oxygens (including phenoxy) is 1. The number of benzene rings is 2. The Labute approximate surface area is 151 Å². The van der Waals surface area contributed by atoms with Crippen LogP contribution in [0.2, 0.25) is 15.1 Å². The Bertz CT molecular complexity index is 649. The number of nitrogens with one attached hydrogen (secondary N) is 1. The third-order valence-electron chi connectivity index (χ3n) is 3.04. The summed E-state index contributed by atoms with van der Waals surface area (Å²) in [6.45, 7) is 2.87. The first-order valence-electron chi connectivity index (χ1n) is 7.26. The molecule has 0 aliphatic carbocycles. The van der Waals surface area contributed by atoms with E-state index in [0.29, 0.717) is 20.8 Å². The molecule has 0 saturated heterocycles. The molecule has 0 bridgehead atoms. The number of halogens is 3. The van der Waals surface area contributed by atoms with Gasteiger partial charge in [0, 0.05) is 5.02 Å². The molecule has 0 unspecified atom stereocenters. The van der Waals surface area contributed by atoms with Crippen LogP contribution in [-0.4, -0.2) is 12.8 Å². The van der Waals surface area contributed by atoms with E-state index in [1.54, 1.807) is 18.3 Å². The minimum Gasteiger partial charge on any atom is -0.494 e. The lowest BCUT2D eigenvalue weighted by Gasteiger charge is -2.07. The smallest absolute Gasteiger partial charge is 0.119 e. The summed E-state index contributed by atoms with van der Waals surface area (Å²) < 4.78 is 5.61. The summed E-state index contributed by atoms with van der Waals surface area (Å²) in [6.07, 6.45) is 3.85.